The molecule has 2 atom stereocenters. The van der Waals surface area contributed by atoms with Crippen molar-refractivity contribution in [3.63, 3.8) is 0 Å². The minimum Gasteiger partial charge on any atom is -0.408 e. The number of benzene rings is 2. The van der Waals surface area contributed by atoms with E-state index in [1.165, 1.54) is 12.1 Å². The fourth-order valence-electron chi connectivity index (χ4n) is 4.40. The van der Waals surface area contributed by atoms with Gasteiger partial charge in [0.2, 0.25) is 5.91 Å². The Kier molecular flexibility index (Phi) is 12.9. The molecule has 1 saturated heterocycles. The van der Waals surface area contributed by atoms with Crippen molar-refractivity contribution in [2.45, 2.75) is 38.7 Å². The van der Waals surface area contributed by atoms with E-state index in [1.54, 1.807) is 0 Å². The van der Waals surface area contributed by atoms with Gasteiger partial charge in [0.15, 0.2) is 0 Å². The molecule has 3 N–H and O–H groups in total. The summed E-state index contributed by atoms with van der Waals surface area (Å²) in [5.74, 6) is -1.78. The Balaban J connectivity index is 1.79. The van der Waals surface area contributed by atoms with Gasteiger partial charge < -0.3 is 25.0 Å². The minimum absolute atomic E-state index is 0.0197. The first-order valence-electron chi connectivity index (χ1n) is 13.0. The summed E-state index contributed by atoms with van der Waals surface area (Å²) >= 11 is 6.37. The summed E-state index contributed by atoms with van der Waals surface area (Å²) < 4.78 is 26.7. The first-order valence-corrected chi connectivity index (χ1v) is 14.6. The van der Waals surface area contributed by atoms with E-state index in [4.69, 9.17) is 9.31 Å². The zero-order valence-electron chi connectivity index (χ0n) is 22.2. The zero-order valence-corrected chi connectivity index (χ0v) is 25.3. The fraction of sp³-hybridized carbons (Fsp3) is 0.481. The van der Waals surface area contributed by atoms with Gasteiger partial charge in [0.05, 0.1) is 22.6 Å². The van der Waals surface area contributed by atoms with Crippen molar-refractivity contribution in [2.75, 3.05) is 39.5 Å². The number of aliphatic hydroxyl groups is 1. The van der Waals surface area contributed by atoms with Gasteiger partial charge in [0, 0.05) is 43.7 Å². The van der Waals surface area contributed by atoms with Gasteiger partial charge in [-0.05, 0) is 46.0 Å². The van der Waals surface area contributed by atoms with E-state index in [2.05, 4.69) is 47.4 Å². The lowest BCUT2D eigenvalue weighted by atomic mass is 9.73. The van der Waals surface area contributed by atoms with Crippen molar-refractivity contribution in [1.82, 2.24) is 15.5 Å². The molecule has 3 rings (SSSR count). The molecule has 12 heteroatoms. The largest absolute Gasteiger partial charge is 0.480 e. The van der Waals surface area contributed by atoms with E-state index in [9.17, 15) is 19.1 Å². The van der Waals surface area contributed by atoms with Crippen LogP contribution < -0.4 is 10.6 Å². The van der Waals surface area contributed by atoms with Crippen LogP contribution in [0, 0.1) is 11.7 Å². The average Bonchev–Trinajstić information content (AvgIpc) is 2.87. The molecule has 0 spiro atoms. The summed E-state index contributed by atoms with van der Waals surface area (Å²) in [5, 5.41) is 15.1. The van der Waals surface area contributed by atoms with E-state index in [-0.39, 0.29) is 34.9 Å². The minimum atomic E-state index is -0.933. The van der Waals surface area contributed by atoms with Crippen LogP contribution in [0.25, 0.3) is 0 Å². The van der Waals surface area contributed by atoms with Crippen LogP contribution in [-0.4, -0.2) is 80.4 Å². The molecular formula is C27H35BBr2FN3O5. The standard InChI is InChI=1S/C27H35BBr2FN3O5/c1-18(2)14-24(28-38-12-9-34(8-11-35)10-13-39-28)33-27(37)23(15-19-6-4-3-5-7-19)32-26(36)21-16-20(29)17-22(31)25(21)30/h3-7,16-18,23-24,35H,8-15H2,1-2H3,(H,32,36)(H,33,37)/t23-,24-/m0/s1. The molecule has 1 fully saturated rings. The lowest BCUT2D eigenvalue weighted by Gasteiger charge is -2.31. The topological polar surface area (TPSA) is 100 Å². The van der Waals surface area contributed by atoms with Crippen molar-refractivity contribution in [3.8, 4) is 0 Å². The van der Waals surface area contributed by atoms with Crippen molar-refractivity contribution in [2.24, 2.45) is 5.92 Å². The molecule has 0 unspecified atom stereocenters. The summed E-state index contributed by atoms with van der Waals surface area (Å²) in [6.07, 6.45) is 0.842. The van der Waals surface area contributed by atoms with Crippen LogP contribution >= 0.6 is 31.9 Å². The molecule has 2 amide bonds. The van der Waals surface area contributed by atoms with E-state index < -0.39 is 30.8 Å². The third-order valence-corrected chi connectivity index (χ3v) is 7.58. The fourth-order valence-corrected chi connectivity index (χ4v) is 5.24. The molecule has 1 heterocycles. The summed E-state index contributed by atoms with van der Waals surface area (Å²) in [4.78, 5) is 29.0. The Hall–Kier alpha value is -1.83. The number of β-amino-alcohol motifs (C(OH)–C–C–N with tert-alkyl or cyclic N) is 1. The Morgan fingerprint density at radius 3 is 2.38 bits per heavy atom. The smallest absolute Gasteiger partial charge is 0.408 e. The second-order valence-electron chi connectivity index (χ2n) is 9.88. The van der Waals surface area contributed by atoms with Crippen molar-refractivity contribution in [3.05, 3.63) is 68.4 Å². The van der Waals surface area contributed by atoms with Gasteiger partial charge in [0.25, 0.3) is 5.91 Å². The average molecular weight is 671 g/mol. The number of nitrogens with one attached hydrogen (secondary N) is 2. The first-order chi connectivity index (χ1) is 18.7. The van der Waals surface area contributed by atoms with Gasteiger partial charge in [-0.2, -0.15) is 0 Å². The number of carbonyl (C=O) groups excluding carboxylic acids is 2. The van der Waals surface area contributed by atoms with Crippen molar-refractivity contribution >= 4 is 50.8 Å². The van der Waals surface area contributed by atoms with Crippen LogP contribution in [0.15, 0.2) is 51.4 Å². The maximum absolute atomic E-state index is 14.3. The molecule has 0 radical (unpaired) electrons. The maximum Gasteiger partial charge on any atom is 0.480 e. The van der Waals surface area contributed by atoms with Crippen molar-refractivity contribution < 1.29 is 28.4 Å². The number of halogens is 3. The summed E-state index contributed by atoms with van der Waals surface area (Å²) in [6.45, 7) is 6.78. The van der Waals surface area contributed by atoms with Gasteiger partial charge >= 0.3 is 7.12 Å². The highest BCUT2D eigenvalue weighted by Crippen LogP contribution is 2.25. The maximum atomic E-state index is 14.3. The number of carbonyl (C=O) groups is 2. The number of rotatable bonds is 11. The molecule has 1 aliphatic rings. The van der Waals surface area contributed by atoms with Crippen LogP contribution in [0.3, 0.4) is 0 Å². The highest BCUT2D eigenvalue weighted by Gasteiger charge is 2.35. The molecule has 1 aliphatic heterocycles. The van der Waals surface area contributed by atoms with Crippen LogP contribution in [0.5, 0.6) is 0 Å². The predicted octanol–water partition coefficient (Wildman–Crippen LogP) is 3.59. The molecule has 0 aromatic heterocycles. The van der Waals surface area contributed by atoms with E-state index in [0.29, 0.717) is 43.7 Å². The van der Waals surface area contributed by atoms with Crippen LogP contribution in [0.2, 0.25) is 0 Å². The lowest BCUT2D eigenvalue weighted by molar-refractivity contribution is -0.123. The Morgan fingerprint density at radius 2 is 1.77 bits per heavy atom. The van der Waals surface area contributed by atoms with E-state index >= 15 is 0 Å². The monoisotopic (exact) mass is 669 g/mol. The highest BCUT2D eigenvalue weighted by molar-refractivity contribution is 9.11. The van der Waals surface area contributed by atoms with Crippen LogP contribution in [0.1, 0.15) is 36.2 Å². The second kappa shape index (κ2) is 15.8. The number of aliphatic hydroxyl groups excluding tert-OH is 1. The van der Waals surface area contributed by atoms with Gasteiger partial charge in [-0.25, -0.2) is 4.39 Å². The van der Waals surface area contributed by atoms with Crippen LogP contribution in [0.4, 0.5) is 4.39 Å². The van der Waals surface area contributed by atoms with Crippen molar-refractivity contribution in [1.29, 1.82) is 0 Å². The summed E-state index contributed by atoms with van der Waals surface area (Å²) in [6, 6.07) is 11.2. The van der Waals surface area contributed by atoms with E-state index in [0.717, 1.165) is 5.56 Å². The van der Waals surface area contributed by atoms with Gasteiger partial charge in [0.1, 0.15) is 11.9 Å². The molecule has 39 heavy (non-hydrogen) atoms. The summed E-state index contributed by atoms with van der Waals surface area (Å²) in [7, 11) is -0.658. The number of amides is 2. The Labute approximate surface area is 246 Å². The molecule has 212 valence electrons. The predicted molar refractivity (Wildman–Crippen MR) is 156 cm³/mol. The van der Waals surface area contributed by atoms with Gasteiger partial charge in [-0.15, -0.1) is 0 Å². The Morgan fingerprint density at radius 1 is 1.10 bits per heavy atom. The van der Waals surface area contributed by atoms with E-state index in [1.807, 2.05) is 44.2 Å². The highest BCUT2D eigenvalue weighted by atomic mass is 79.9. The third kappa shape index (κ3) is 9.95. The quantitative estimate of drug-likeness (QED) is 0.250. The van der Waals surface area contributed by atoms with Gasteiger partial charge in [-0.3, -0.25) is 14.5 Å². The number of hydrogen-bond donors (Lipinski definition) is 3. The van der Waals surface area contributed by atoms with Crippen LogP contribution in [-0.2, 0) is 20.5 Å². The molecule has 0 bridgehead atoms. The molecule has 0 saturated carbocycles. The molecule has 2 aromatic rings. The number of nitrogens with zero attached hydrogens (tertiary/aromatic N) is 1. The second-order valence-corrected chi connectivity index (χ2v) is 11.6. The normalized spacial score (nSPS) is 16.3. The first kappa shape index (κ1) is 31.7. The zero-order chi connectivity index (χ0) is 28.4. The number of hydrogen-bond acceptors (Lipinski definition) is 6. The molecule has 0 aliphatic carbocycles. The summed E-state index contributed by atoms with van der Waals surface area (Å²) in [5.41, 5.74) is 0.936. The third-order valence-electron chi connectivity index (χ3n) is 6.32. The van der Waals surface area contributed by atoms with Gasteiger partial charge in [-0.1, -0.05) is 60.1 Å². The molecular weight excluding hydrogens is 636 g/mol. The Bertz CT molecular complexity index is 1090. The molecule has 8 nitrogen and oxygen atoms in total. The molecule has 2 aromatic carbocycles. The lowest BCUT2D eigenvalue weighted by Crippen LogP contribution is -2.57. The SMILES string of the molecule is CC(C)C[C@H](NC(=O)[C@H](Cc1ccccc1)NC(=O)c1cc(Br)cc(F)c1Br)B1OCCN(CCO)CCO1.